The van der Waals surface area contributed by atoms with Gasteiger partial charge >= 0.3 is 5.97 Å². The molecular weight excluding hydrogens is 256 g/mol. The third-order valence-corrected chi connectivity index (χ3v) is 3.25. The van der Waals surface area contributed by atoms with Crippen molar-refractivity contribution in [3.8, 4) is 0 Å². The number of anilines is 1. The van der Waals surface area contributed by atoms with Gasteiger partial charge in [0.05, 0.1) is 19.1 Å². The Morgan fingerprint density at radius 1 is 1.25 bits per heavy atom. The smallest absolute Gasteiger partial charge is 0.309 e. The maximum absolute atomic E-state index is 12.1. The van der Waals surface area contributed by atoms with Crippen LogP contribution < -0.4 is 5.32 Å². The lowest BCUT2D eigenvalue weighted by molar-refractivity contribution is -0.145. The van der Waals surface area contributed by atoms with Gasteiger partial charge in [-0.15, -0.1) is 0 Å². The Labute approximate surface area is 119 Å². The van der Waals surface area contributed by atoms with E-state index in [0.29, 0.717) is 6.54 Å². The first-order valence-electron chi connectivity index (χ1n) is 6.59. The van der Waals surface area contributed by atoms with Gasteiger partial charge < -0.3 is 10.1 Å². The van der Waals surface area contributed by atoms with E-state index in [-0.39, 0.29) is 23.8 Å². The van der Waals surface area contributed by atoms with E-state index >= 15 is 0 Å². The monoisotopic (exact) mass is 278 g/mol. The van der Waals surface area contributed by atoms with Gasteiger partial charge in [0.15, 0.2) is 0 Å². The Bertz CT molecular complexity index is 448. The molecule has 110 valence electrons. The molecule has 0 aliphatic heterocycles. The lowest BCUT2D eigenvalue weighted by atomic mass is 10.1. The van der Waals surface area contributed by atoms with Crippen molar-refractivity contribution in [2.24, 2.45) is 5.92 Å². The van der Waals surface area contributed by atoms with Crippen LogP contribution in [0.2, 0.25) is 0 Å². The molecule has 0 aromatic heterocycles. The molecular formula is C15H22N2O3. The molecule has 0 fully saturated rings. The topological polar surface area (TPSA) is 58.6 Å². The zero-order valence-corrected chi connectivity index (χ0v) is 12.4. The second kappa shape index (κ2) is 7.65. The van der Waals surface area contributed by atoms with Crippen molar-refractivity contribution in [2.75, 3.05) is 26.0 Å². The van der Waals surface area contributed by atoms with Crippen molar-refractivity contribution in [1.82, 2.24) is 4.90 Å². The van der Waals surface area contributed by atoms with Crippen LogP contribution >= 0.6 is 0 Å². The van der Waals surface area contributed by atoms with Crippen LogP contribution in [0.5, 0.6) is 0 Å². The molecule has 0 radical (unpaired) electrons. The van der Waals surface area contributed by atoms with Crippen molar-refractivity contribution in [3.63, 3.8) is 0 Å². The highest BCUT2D eigenvalue weighted by molar-refractivity contribution is 5.94. The molecule has 1 rings (SSSR count). The fraction of sp³-hybridized carbons (Fsp3) is 0.467. The number of para-hydroxylation sites is 1. The minimum Gasteiger partial charge on any atom is -0.469 e. The summed E-state index contributed by atoms with van der Waals surface area (Å²) in [5, 5.41) is 2.84. The van der Waals surface area contributed by atoms with Crippen LogP contribution in [0, 0.1) is 5.92 Å². The fourth-order valence-corrected chi connectivity index (χ4v) is 1.83. The molecule has 1 aromatic carbocycles. The van der Waals surface area contributed by atoms with Crippen LogP contribution in [0.1, 0.15) is 13.8 Å². The molecule has 1 amide bonds. The zero-order valence-electron chi connectivity index (χ0n) is 12.4. The van der Waals surface area contributed by atoms with Gasteiger partial charge in [0.1, 0.15) is 0 Å². The Balaban J connectivity index is 2.53. The molecule has 0 saturated heterocycles. The Hall–Kier alpha value is -1.88. The van der Waals surface area contributed by atoms with Crippen LogP contribution in [0.4, 0.5) is 5.69 Å². The number of likely N-dealkylation sites (N-methyl/N-ethyl adjacent to an activating group) is 1. The predicted octanol–water partition coefficient (Wildman–Crippen LogP) is 1.75. The van der Waals surface area contributed by atoms with Gasteiger partial charge in [0.2, 0.25) is 5.91 Å². The molecule has 0 aliphatic carbocycles. The van der Waals surface area contributed by atoms with Gasteiger partial charge in [-0.3, -0.25) is 14.5 Å². The first-order valence-corrected chi connectivity index (χ1v) is 6.59. The van der Waals surface area contributed by atoms with E-state index < -0.39 is 0 Å². The van der Waals surface area contributed by atoms with Gasteiger partial charge in [-0.1, -0.05) is 25.1 Å². The standard InChI is InChI=1S/C15H22N2O3/c1-11(15(19)20-4)10-17(3)12(2)14(18)16-13-8-6-5-7-9-13/h5-9,11-12H,10H2,1-4H3,(H,16,18). The maximum atomic E-state index is 12.1. The van der Waals surface area contributed by atoms with Gasteiger partial charge in [-0.25, -0.2) is 0 Å². The van der Waals surface area contributed by atoms with Gasteiger partial charge in [0.25, 0.3) is 0 Å². The average Bonchev–Trinajstić information content (AvgIpc) is 2.46. The molecule has 0 heterocycles. The minimum absolute atomic E-state index is 0.101. The second-order valence-corrected chi connectivity index (χ2v) is 4.90. The molecule has 5 heteroatoms. The van der Waals surface area contributed by atoms with Crippen molar-refractivity contribution in [2.45, 2.75) is 19.9 Å². The van der Waals surface area contributed by atoms with Crippen LogP contribution in [0.25, 0.3) is 0 Å². The molecule has 5 nitrogen and oxygen atoms in total. The summed E-state index contributed by atoms with van der Waals surface area (Å²) in [5.41, 5.74) is 0.763. The highest BCUT2D eigenvalue weighted by atomic mass is 16.5. The third kappa shape index (κ3) is 4.66. The highest BCUT2D eigenvalue weighted by Gasteiger charge is 2.22. The van der Waals surface area contributed by atoms with Gasteiger partial charge in [0, 0.05) is 12.2 Å². The average molecular weight is 278 g/mol. The van der Waals surface area contributed by atoms with Crippen LogP contribution in [0.15, 0.2) is 30.3 Å². The number of hydrogen-bond donors (Lipinski definition) is 1. The number of ether oxygens (including phenoxy) is 1. The molecule has 2 unspecified atom stereocenters. The summed E-state index contributed by atoms with van der Waals surface area (Å²) in [6.45, 7) is 4.06. The summed E-state index contributed by atoms with van der Waals surface area (Å²) in [6, 6.07) is 8.96. The molecule has 0 saturated carbocycles. The summed E-state index contributed by atoms with van der Waals surface area (Å²) in [7, 11) is 3.18. The predicted molar refractivity (Wildman–Crippen MR) is 78.3 cm³/mol. The van der Waals surface area contributed by atoms with E-state index in [4.69, 9.17) is 0 Å². The quantitative estimate of drug-likeness (QED) is 0.805. The molecule has 2 atom stereocenters. The number of carbonyl (C=O) groups excluding carboxylic acids is 2. The fourth-order valence-electron chi connectivity index (χ4n) is 1.83. The number of amides is 1. The van der Waals surface area contributed by atoms with E-state index in [2.05, 4.69) is 10.1 Å². The summed E-state index contributed by atoms with van der Waals surface area (Å²) in [5.74, 6) is -0.639. The van der Waals surface area contributed by atoms with E-state index in [1.54, 1.807) is 6.92 Å². The van der Waals surface area contributed by atoms with E-state index in [1.807, 2.05) is 49.2 Å². The number of methoxy groups -OCH3 is 1. The number of carbonyl (C=O) groups is 2. The minimum atomic E-state index is -0.331. The van der Waals surface area contributed by atoms with Crippen LogP contribution in [-0.4, -0.2) is 43.5 Å². The van der Waals surface area contributed by atoms with E-state index in [9.17, 15) is 9.59 Å². The first-order chi connectivity index (χ1) is 9.45. The number of nitrogens with zero attached hydrogens (tertiary/aromatic N) is 1. The molecule has 0 bridgehead atoms. The number of esters is 1. The Morgan fingerprint density at radius 3 is 2.40 bits per heavy atom. The second-order valence-electron chi connectivity index (χ2n) is 4.90. The Kier molecular flexibility index (Phi) is 6.18. The molecule has 1 aromatic rings. The van der Waals surface area contributed by atoms with E-state index in [0.717, 1.165) is 5.69 Å². The number of benzene rings is 1. The SMILES string of the molecule is COC(=O)C(C)CN(C)C(C)C(=O)Nc1ccccc1. The van der Waals surface area contributed by atoms with Crippen molar-refractivity contribution in [3.05, 3.63) is 30.3 Å². The normalized spacial score (nSPS) is 13.7. The summed E-state index contributed by atoms with van der Waals surface area (Å²) in [6.07, 6.45) is 0. The van der Waals surface area contributed by atoms with Crippen molar-refractivity contribution < 1.29 is 14.3 Å². The third-order valence-electron chi connectivity index (χ3n) is 3.25. The van der Waals surface area contributed by atoms with E-state index in [1.165, 1.54) is 7.11 Å². The Morgan fingerprint density at radius 2 is 1.85 bits per heavy atom. The number of nitrogens with one attached hydrogen (secondary N) is 1. The van der Waals surface area contributed by atoms with Gasteiger partial charge in [-0.05, 0) is 26.1 Å². The van der Waals surface area contributed by atoms with Gasteiger partial charge in [-0.2, -0.15) is 0 Å². The summed E-state index contributed by atoms with van der Waals surface area (Å²) < 4.78 is 4.68. The zero-order chi connectivity index (χ0) is 15.1. The molecule has 20 heavy (non-hydrogen) atoms. The van der Waals surface area contributed by atoms with Crippen molar-refractivity contribution >= 4 is 17.6 Å². The van der Waals surface area contributed by atoms with Crippen molar-refractivity contribution in [1.29, 1.82) is 0 Å². The maximum Gasteiger partial charge on any atom is 0.309 e. The van der Waals surface area contributed by atoms with Crippen LogP contribution in [-0.2, 0) is 14.3 Å². The summed E-state index contributed by atoms with van der Waals surface area (Å²) in [4.78, 5) is 25.3. The lowest BCUT2D eigenvalue weighted by Crippen LogP contribution is -2.42. The largest absolute Gasteiger partial charge is 0.469 e. The lowest BCUT2D eigenvalue weighted by Gasteiger charge is -2.25. The molecule has 0 aliphatic rings. The first kappa shape index (κ1) is 16.2. The molecule has 0 spiro atoms. The number of rotatable bonds is 6. The molecule has 1 N–H and O–H groups in total. The highest BCUT2D eigenvalue weighted by Crippen LogP contribution is 2.09. The number of hydrogen-bond acceptors (Lipinski definition) is 4. The summed E-state index contributed by atoms with van der Waals surface area (Å²) >= 11 is 0. The van der Waals surface area contributed by atoms with Crippen LogP contribution in [0.3, 0.4) is 0 Å².